The van der Waals surface area contributed by atoms with Gasteiger partial charge in [0.2, 0.25) is 5.91 Å². The van der Waals surface area contributed by atoms with Crippen LogP contribution in [0, 0.1) is 34.9 Å². The van der Waals surface area contributed by atoms with Crippen molar-refractivity contribution in [3.63, 3.8) is 0 Å². The van der Waals surface area contributed by atoms with Crippen LogP contribution in [0.4, 0.5) is 45.2 Å². The standard InChI is InChI=1S/C16H9F9N2O/c17-7-3-8(18)6(4-26)1-5(7)2-9(28)27-15-13(21)11(19)10(16(23,24)25)12(20)14(15)22/h1,3H,2,4,26H2,(H,27,28). The zero-order valence-electron chi connectivity index (χ0n) is 13.5. The monoisotopic (exact) mass is 416 g/mol. The lowest BCUT2D eigenvalue weighted by Crippen LogP contribution is -2.21. The lowest BCUT2D eigenvalue weighted by Gasteiger charge is -2.15. The molecule has 0 radical (unpaired) electrons. The van der Waals surface area contributed by atoms with Gasteiger partial charge in [-0.3, -0.25) is 4.79 Å². The molecule has 12 heteroatoms. The van der Waals surface area contributed by atoms with Crippen molar-refractivity contribution in [1.29, 1.82) is 0 Å². The van der Waals surface area contributed by atoms with Crippen molar-refractivity contribution in [2.45, 2.75) is 19.1 Å². The van der Waals surface area contributed by atoms with Crippen LogP contribution in [0.5, 0.6) is 0 Å². The number of carbonyl (C=O) groups excluding carboxylic acids is 1. The van der Waals surface area contributed by atoms with E-state index < -0.39 is 70.2 Å². The first kappa shape index (κ1) is 21.5. The van der Waals surface area contributed by atoms with Crippen LogP contribution in [0.3, 0.4) is 0 Å². The first-order valence-electron chi connectivity index (χ1n) is 7.28. The molecule has 3 nitrogen and oxygen atoms in total. The number of carbonyl (C=O) groups is 1. The van der Waals surface area contributed by atoms with Crippen LogP contribution in [-0.4, -0.2) is 5.91 Å². The fourth-order valence-corrected chi connectivity index (χ4v) is 2.28. The molecule has 0 heterocycles. The van der Waals surface area contributed by atoms with E-state index in [1.165, 1.54) is 5.32 Å². The van der Waals surface area contributed by atoms with Gasteiger partial charge in [-0.05, 0) is 11.6 Å². The van der Waals surface area contributed by atoms with Crippen molar-refractivity contribution in [3.05, 3.63) is 63.7 Å². The van der Waals surface area contributed by atoms with Gasteiger partial charge in [0.15, 0.2) is 23.3 Å². The van der Waals surface area contributed by atoms with Gasteiger partial charge in [-0.1, -0.05) is 0 Å². The van der Waals surface area contributed by atoms with Crippen LogP contribution < -0.4 is 11.1 Å². The van der Waals surface area contributed by atoms with Crippen molar-refractivity contribution < 1.29 is 44.3 Å². The van der Waals surface area contributed by atoms with Gasteiger partial charge in [-0.15, -0.1) is 0 Å². The van der Waals surface area contributed by atoms with Crippen molar-refractivity contribution in [3.8, 4) is 0 Å². The number of nitrogens with two attached hydrogens (primary N) is 1. The van der Waals surface area contributed by atoms with Crippen molar-refractivity contribution in [2.75, 3.05) is 5.32 Å². The summed E-state index contributed by atoms with van der Waals surface area (Å²) in [5, 5.41) is 1.34. The Bertz CT molecular complexity index is 912. The zero-order chi connectivity index (χ0) is 21.4. The highest BCUT2D eigenvalue weighted by Crippen LogP contribution is 2.38. The molecule has 3 N–H and O–H groups in total. The Morgan fingerprint density at radius 3 is 1.82 bits per heavy atom. The van der Waals surface area contributed by atoms with Crippen molar-refractivity contribution >= 4 is 11.6 Å². The second kappa shape index (κ2) is 7.70. The van der Waals surface area contributed by atoms with Gasteiger partial charge in [-0.2, -0.15) is 13.2 Å². The summed E-state index contributed by atoms with van der Waals surface area (Å²) in [6.45, 7) is -0.376. The number of benzene rings is 2. The summed E-state index contributed by atoms with van der Waals surface area (Å²) in [6.07, 6.45) is -6.73. The Hall–Kier alpha value is -2.76. The Kier molecular flexibility index (Phi) is 5.92. The average molecular weight is 416 g/mol. The quantitative estimate of drug-likeness (QED) is 0.581. The predicted molar refractivity (Wildman–Crippen MR) is 77.9 cm³/mol. The highest BCUT2D eigenvalue weighted by atomic mass is 19.4. The number of nitrogens with one attached hydrogen (secondary N) is 1. The summed E-state index contributed by atoms with van der Waals surface area (Å²) < 4.78 is 119. The summed E-state index contributed by atoms with van der Waals surface area (Å²) >= 11 is 0. The largest absolute Gasteiger partial charge is 0.422 e. The minimum atomic E-state index is -5.74. The molecular weight excluding hydrogens is 407 g/mol. The van der Waals surface area contributed by atoms with E-state index in [0.29, 0.717) is 6.07 Å². The highest BCUT2D eigenvalue weighted by Gasteiger charge is 2.42. The maximum Gasteiger partial charge on any atom is 0.422 e. The molecule has 0 aromatic heterocycles. The van der Waals surface area contributed by atoms with Crippen molar-refractivity contribution in [2.24, 2.45) is 5.73 Å². The number of alkyl halides is 3. The lowest BCUT2D eigenvalue weighted by molar-refractivity contribution is -0.143. The van der Waals surface area contributed by atoms with E-state index in [9.17, 15) is 44.3 Å². The fourth-order valence-electron chi connectivity index (χ4n) is 2.28. The van der Waals surface area contributed by atoms with Crippen LogP contribution in [0.2, 0.25) is 0 Å². The summed E-state index contributed by atoms with van der Waals surface area (Å²) in [7, 11) is 0. The molecule has 0 fully saturated rings. The van der Waals surface area contributed by atoms with Crippen LogP contribution in [0.1, 0.15) is 16.7 Å². The van der Waals surface area contributed by atoms with Crippen LogP contribution in [0.25, 0.3) is 0 Å². The number of anilines is 1. The van der Waals surface area contributed by atoms with Gasteiger partial charge in [0.05, 0.1) is 6.42 Å². The van der Waals surface area contributed by atoms with E-state index in [0.717, 1.165) is 6.07 Å². The maximum atomic E-state index is 13.7. The Labute approximate surface area is 150 Å². The summed E-state index contributed by atoms with van der Waals surface area (Å²) in [4.78, 5) is 11.8. The molecule has 2 aromatic rings. The number of amides is 1. The van der Waals surface area contributed by atoms with Gasteiger partial charge in [0, 0.05) is 18.2 Å². The molecule has 0 saturated heterocycles. The van der Waals surface area contributed by atoms with Gasteiger partial charge in [0.25, 0.3) is 0 Å². The van der Waals surface area contributed by atoms with Gasteiger partial charge in [-0.25, -0.2) is 26.3 Å². The van der Waals surface area contributed by atoms with E-state index in [2.05, 4.69) is 0 Å². The third-order valence-electron chi connectivity index (χ3n) is 3.60. The van der Waals surface area contributed by atoms with Crippen molar-refractivity contribution in [1.82, 2.24) is 0 Å². The molecule has 28 heavy (non-hydrogen) atoms. The molecule has 0 bridgehead atoms. The summed E-state index contributed by atoms with van der Waals surface area (Å²) in [5.74, 6) is -14.2. The molecule has 152 valence electrons. The molecule has 0 saturated carbocycles. The van der Waals surface area contributed by atoms with E-state index in [-0.39, 0.29) is 12.1 Å². The second-order valence-corrected chi connectivity index (χ2v) is 5.47. The minimum Gasteiger partial charge on any atom is -0.326 e. The Morgan fingerprint density at radius 1 is 0.857 bits per heavy atom. The molecule has 0 aliphatic carbocycles. The Morgan fingerprint density at radius 2 is 1.36 bits per heavy atom. The lowest BCUT2D eigenvalue weighted by atomic mass is 10.1. The second-order valence-electron chi connectivity index (χ2n) is 5.47. The molecule has 0 aliphatic heterocycles. The summed E-state index contributed by atoms with van der Waals surface area (Å²) in [5.41, 5.74) is -0.103. The van der Waals surface area contributed by atoms with Crippen LogP contribution >= 0.6 is 0 Å². The Balaban J connectivity index is 2.38. The average Bonchev–Trinajstić information content (AvgIpc) is 2.58. The van der Waals surface area contributed by atoms with E-state index in [4.69, 9.17) is 5.73 Å². The smallest absolute Gasteiger partial charge is 0.326 e. The third-order valence-corrected chi connectivity index (χ3v) is 3.60. The number of hydrogen-bond acceptors (Lipinski definition) is 2. The number of rotatable bonds is 4. The first-order valence-corrected chi connectivity index (χ1v) is 7.28. The minimum absolute atomic E-state index is 0.201. The van der Waals surface area contributed by atoms with E-state index >= 15 is 0 Å². The maximum absolute atomic E-state index is 13.7. The van der Waals surface area contributed by atoms with Gasteiger partial charge in [0.1, 0.15) is 22.9 Å². The first-order chi connectivity index (χ1) is 12.9. The molecule has 0 atom stereocenters. The molecular formula is C16H9F9N2O. The molecule has 2 aromatic carbocycles. The molecule has 0 spiro atoms. The predicted octanol–water partition coefficient (Wildman–Crippen LogP) is 4.18. The van der Waals surface area contributed by atoms with Gasteiger partial charge >= 0.3 is 6.18 Å². The van der Waals surface area contributed by atoms with Crippen LogP contribution in [-0.2, 0) is 23.9 Å². The van der Waals surface area contributed by atoms with E-state index in [1.807, 2.05) is 0 Å². The zero-order valence-corrected chi connectivity index (χ0v) is 13.5. The molecule has 0 aliphatic rings. The summed E-state index contributed by atoms with van der Waals surface area (Å²) in [6, 6.07) is 1.23. The molecule has 2 rings (SSSR count). The van der Waals surface area contributed by atoms with E-state index in [1.54, 1.807) is 0 Å². The third kappa shape index (κ3) is 4.06. The SMILES string of the molecule is NCc1cc(CC(=O)Nc2c(F)c(F)c(C(F)(F)F)c(F)c2F)c(F)cc1F. The topological polar surface area (TPSA) is 55.1 Å². The fraction of sp³-hybridized carbons (Fsp3) is 0.188. The highest BCUT2D eigenvalue weighted by molar-refractivity contribution is 5.92. The van der Waals surface area contributed by atoms with Crippen LogP contribution in [0.15, 0.2) is 12.1 Å². The normalized spacial score (nSPS) is 11.6. The molecule has 0 unspecified atom stereocenters. The number of halogens is 9. The molecule has 1 amide bonds. The number of hydrogen-bond donors (Lipinski definition) is 2. The van der Waals surface area contributed by atoms with Gasteiger partial charge < -0.3 is 11.1 Å².